The molecule has 2 aromatic heterocycles. The average Bonchev–Trinajstić information content (AvgIpc) is 2.80. The maximum atomic E-state index is 11.4. The van der Waals surface area contributed by atoms with E-state index in [-0.39, 0.29) is 11.4 Å². The van der Waals surface area contributed by atoms with Gasteiger partial charge in [0.05, 0.1) is 5.56 Å². The normalized spacial score (nSPS) is 10.7. The first-order valence-electron chi connectivity index (χ1n) is 5.85. The van der Waals surface area contributed by atoms with Crippen molar-refractivity contribution in [2.75, 3.05) is 5.73 Å². The number of rotatable bonds is 2. The standard InChI is InChI=1S/C14H10ClN3O2/c15-10-3-1-2-8(6-10)12-13(18-20-14(12)16)9-4-5-17-11(19)7-9/h1-7H,16H2,(H,17,19). The van der Waals surface area contributed by atoms with Crippen molar-refractivity contribution >= 4 is 17.5 Å². The molecule has 0 bridgehead atoms. The molecule has 3 N–H and O–H groups in total. The summed E-state index contributed by atoms with van der Waals surface area (Å²) in [5.74, 6) is 0.183. The molecule has 1 aromatic carbocycles. The van der Waals surface area contributed by atoms with Gasteiger partial charge in [0.2, 0.25) is 11.4 Å². The number of aromatic amines is 1. The Morgan fingerprint density at radius 1 is 1.20 bits per heavy atom. The highest BCUT2D eigenvalue weighted by Gasteiger charge is 2.17. The third kappa shape index (κ3) is 2.19. The summed E-state index contributed by atoms with van der Waals surface area (Å²) in [6.45, 7) is 0. The van der Waals surface area contributed by atoms with Gasteiger partial charge in [0, 0.05) is 22.8 Å². The molecule has 0 aliphatic rings. The van der Waals surface area contributed by atoms with Crippen molar-refractivity contribution in [3.8, 4) is 22.4 Å². The van der Waals surface area contributed by atoms with Crippen LogP contribution in [0.1, 0.15) is 0 Å². The third-order valence-corrected chi connectivity index (χ3v) is 3.12. The number of halogens is 1. The summed E-state index contributed by atoms with van der Waals surface area (Å²) >= 11 is 5.99. The van der Waals surface area contributed by atoms with E-state index in [1.807, 2.05) is 12.1 Å². The topological polar surface area (TPSA) is 84.9 Å². The Morgan fingerprint density at radius 2 is 2.05 bits per heavy atom. The van der Waals surface area contributed by atoms with Crippen LogP contribution in [0.4, 0.5) is 5.88 Å². The first-order chi connectivity index (χ1) is 9.65. The molecule has 0 saturated carbocycles. The quantitative estimate of drug-likeness (QED) is 0.759. The van der Waals surface area contributed by atoms with E-state index in [4.69, 9.17) is 21.9 Å². The lowest BCUT2D eigenvalue weighted by Crippen LogP contribution is -2.02. The van der Waals surface area contributed by atoms with Crippen molar-refractivity contribution < 1.29 is 4.52 Å². The van der Waals surface area contributed by atoms with Crippen LogP contribution >= 0.6 is 11.6 Å². The van der Waals surface area contributed by atoms with Crippen LogP contribution < -0.4 is 11.3 Å². The van der Waals surface area contributed by atoms with Gasteiger partial charge in [-0.1, -0.05) is 28.9 Å². The van der Waals surface area contributed by atoms with Gasteiger partial charge in [-0.15, -0.1) is 0 Å². The highest BCUT2D eigenvalue weighted by Crippen LogP contribution is 2.36. The first kappa shape index (κ1) is 12.5. The van der Waals surface area contributed by atoms with Crippen molar-refractivity contribution in [1.82, 2.24) is 10.1 Å². The van der Waals surface area contributed by atoms with Crippen molar-refractivity contribution in [3.05, 3.63) is 58.0 Å². The minimum atomic E-state index is -0.221. The summed E-state index contributed by atoms with van der Waals surface area (Å²) < 4.78 is 5.06. The average molecular weight is 288 g/mol. The second-order valence-electron chi connectivity index (χ2n) is 4.22. The molecule has 0 saturated heterocycles. The van der Waals surface area contributed by atoms with Gasteiger partial charge in [0.15, 0.2) is 0 Å². The molecule has 0 unspecified atom stereocenters. The summed E-state index contributed by atoms with van der Waals surface area (Å²) in [4.78, 5) is 14.0. The van der Waals surface area contributed by atoms with Gasteiger partial charge in [0.1, 0.15) is 5.69 Å². The molecule has 3 rings (SSSR count). The van der Waals surface area contributed by atoms with E-state index in [2.05, 4.69) is 10.1 Å². The molecule has 0 fully saturated rings. The Kier molecular flexibility index (Phi) is 3.04. The Balaban J connectivity index is 2.22. The molecule has 2 heterocycles. The second-order valence-corrected chi connectivity index (χ2v) is 4.66. The highest BCUT2D eigenvalue weighted by molar-refractivity contribution is 6.30. The number of H-pyrrole nitrogens is 1. The number of hydrogen-bond donors (Lipinski definition) is 2. The number of hydrogen-bond acceptors (Lipinski definition) is 4. The molecule has 6 heteroatoms. The second kappa shape index (κ2) is 4.86. The van der Waals surface area contributed by atoms with E-state index in [1.54, 1.807) is 24.4 Å². The van der Waals surface area contributed by atoms with Gasteiger partial charge in [-0.3, -0.25) is 4.79 Å². The first-order valence-corrected chi connectivity index (χ1v) is 6.23. The fourth-order valence-corrected chi connectivity index (χ4v) is 2.20. The third-order valence-electron chi connectivity index (χ3n) is 2.88. The number of pyridine rings is 1. The minimum Gasteiger partial charge on any atom is -0.367 e. The van der Waals surface area contributed by atoms with Gasteiger partial charge in [-0.2, -0.15) is 0 Å². The van der Waals surface area contributed by atoms with Crippen LogP contribution in [0.3, 0.4) is 0 Å². The molecule has 20 heavy (non-hydrogen) atoms. The van der Waals surface area contributed by atoms with Crippen LogP contribution in [0, 0.1) is 0 Å². The van der Waals surface area contributed by atoms with Gasteiger partial charge < -0.3 is 15.2 Å². The lowest BCUT2D eigenvalue weighted by Gasteiger charge is -2.03. The Bertz CT molecular complexity index is 823. The Hall–Kier alpha value is -2.53. The monoisotopic (exact) mass is 287 g/mol. The van der Waals surface area contributed by atoms with Gasteiger partial charge in [-0.25, -0.2) is 0 Å². The van der Waals surface area contributed by atoms with Crippen LogP contribution in [0.2, 0.25) is 5.02 Å². The molecular weight excluding hydrogens is 278 g/mol. The van der Waals surface area contributed by atoms with Crippen LogP contribution in [-0.2, 0) is 0 Å². The summed E-state index contributed by atoms with van der Waals surface area (Å²) in [7, 11) is 0. The summed E-state index contributed by atoms with van der Waals surface area (Å²) in [6, 6.07) is 10.4. The SMILES string of the molecule is Nc1onc(-c2cc[nH]c(=O)c2)c1-c1cccc(Cl)c1. The van der Waals surface area contributed by atoms with Crippen molar-refractivity contribution in [2.24, 2.45) is 0 Å². The van der Waals surface area contributed by atoms with Crippen molar-refractivity contribution in [3.63, 3.8) is 0 Å². The van der Waals surface area contributed by atoms with E-state index in [0.717, 1.165) is 5.56 Å². The number of nitrogens with zero attached hydrogens (tertiary/aromatic N) is 1. The number of benzene rings is 1. The Morgan fingerprint density at radius 3 is 2.80 bits per heavy atom. The maximum absolute atomic E-state index is 11.4. The van der Waals surface area contributed by atoms with Crippen molar-refractivity contribution in [2.45, 2.75) is 0 Å². The molecule has 0 atom stereocenters. The number of nitrogens with one attached hydrogen (secondary N) is 1. The molecule has 0 aliphatic carbocycles. The number of nitrogen functional groups attached to an aromatic ring is 1. The molecule has 0 radical (unpaired) electrons. The van der Waals surface area contributed by atoms with Crippen LogP contribution in [0.5, 0.6) is 0 Å². The summed E-state index contributed by atoms with van der Waals surface area (Å²) in [6.07, 6.45) is 1.55. The Labute approximate surface area is 119 Å². The largest absolute Gasteiger partial charge is 0.367 e. The highest BCUT2D eigenvalue weighted by atomic mass is 35.5. The predicted molar refractivity (Wildman–Crippen MR) is 77.4 cm³/mol. The fourth-order valence-electron chi connectivity index (χ4n) is 2.01. The number of nitrogens with two attached hydrogens (primary N) is 1. The molecular formula is C14H10ClN3O2. The molecule has 0 aliphatic heterocycles. The number of aromatic nitrogens is 2. The van der Waals surface area contributed by atoms with Crippen LogP contribution in [0.15, 0.2) is 51.9 Å². The molecule has 100 valence electrons. The van der Waals surface area contributed by atoms with Gasteiger partial charge in [0.25, 0.3) is 0 Å². The van der Waals surface area contributed by atoms with E-state index < -0.39 is 0 Å². The fraction of sp³-hybridized carbons (Fsp3) is 0. The minimum absolute atomic E-state index is 0.183. The zero-order valence-corrected chi connectivity index (χ0v) is 11.0. The smallest absolute Gasteiger partial charge is 0.248 e. The zero-order chi connectivity index (χ0) is 14.1. The predicted octanol–water partition coefficient (Wildman–Crippen LogP) is 2.93. The van der Waals surface area contributed by atoms with Crippen LogP contribution in [0.25, 0.3) is 22.4 Å². The van der Waals surface area contributed by atoms with E-state index in [1.165, 1.54) is 6.07 Å². The van der Waals surface area contributed by atoms with E-state index in [9.17, 15) is 4.79 Å². The summed E-state index contributed by atoms with van der Waals surface area (Å²) in [5.41, 5.74) is 8.17. The maximum Gasteiger partial charge on any atom is 0.248 e. The summed E-state index contributed by atoms with van der Waals surface area (Å²) in [5, 5.41) is 4.52. The molecule has 0 amide bonds. The van der Waals surface area contributed by atoms with Crippen molar-refractivity contribution in [1.29, 1.82) is 0 Å². The molecule has 5 nitrogen and oxygen atoms in total. The molecule has 3 aromatic rings. The van der Waals surface area contributed by atoms with Gasteiger partial charge >= 0.3 is 0 Å². The zero-order valence-electron chi connectivity index (χ0n) is 10.3. The number of anilines is 1. The van der Waals surface area contributed by atoms with E-state index in [0.29, 0.717) is 21.8 Å². The van der Waals surface area contributed by atoms with E-state index >= 15 is 0 Å². The lowest BCUT2D eigenvalue weighted by atomic mass is 10.0. The van der Waals surface area contributed by atoms with Crippen LogP contribution in [-0.4, -0.2) is 10.1 Å². The molecule has 0 spiro atoms. The van der Waals surface area contributed by atoms with Gasteiger partial charge in [-0.05, 0) is 23.8 Å². The lowest BCUT2D eigenvalue weighted by molar-refractivity contribution is 0.439.